The molecule has 0 unspecified atom stereocenters. The molecule has 9 heteroatoms. The number of benzene rings is 1. The van der Waals surface area contributed by atoms with Crippen molar-refractivity contribution in [2.75, 3.05) is 19.0 Å². The Balaban J connectivity index is 1.91. The molecular weight excluding hydrogens is 342 g/mol. The number of nitro benzene ring substituents is 1. The summed E-state index contributed by atoms with van der Waals surface area (Å²) in [5.41, 5.74) is 1.14. The Morgan fingerprint density at radius 2 is 2.04 bits per heavy atom. The zero-order valence-corrected chi connectivity index (χ0v) is 14.2. The third-order valence-electron chi connectivity index (χ3n) is 3.36. The van der Waals surface area contributed by atoms with Gasteiger partial charge < -0.3 is 14.8 Å². The van der Waals surface area contributed by atoms with Crippen LogP contribution in [0.25, 0.3) is 0 Å². The summed E-state index contributed by atoms with van der Waals surface area (Å²) >= 11 is 0. The Morgan fingerprint density at radius 3 is 2.65 bits per heavy atom. The van der Waals surface area contributed by atoms with E-state index >= 15 is 0 Å². The number of carbonyl (C=O) groups excluding carboxylic acids is 2. The molecule has 0 atom stereocenters. The van der Waals surface area contributed by atoms with Gasteiger partial charge in [0.1, 0.15) is 11.4 Å². The van der Waals surface area contributed by atoms with Crippen LogP contribution in [0.3, 0.4) is 0 Å². The summed E-state index contributed by atoms with van der Waals surface area (Å²) in [4.78, 5) is 38.1. The number of ether oxygens (including phenoxy) is 2. The number of nitrogens with zero attached hydrogens (tertiary/aromatic N) is 2. The molecule has 1 aromatic carbocycles. The molecule has 1 amide bonds. The molecule has 1 heterocycles. The van der Waals surface area contributed by atoms with Crippen LogP contribution in [0.15, 0.2) is 36.5 Å². The molecule has 9 nitrogen and oxygen atoms in total. The Bertz CT molecular complexity index is 820. The van der Waals surface area contributed by atoms with Crippen molar-refractivity contribution in [2.45, 2.75) is 13.3 Å². The normalized spacial score (nSPS) is 10.1. The first kappa shape index (κ1) is 18.8. The summed E-state index contributed by atoms with van der Waals surface area (Å²) in [7, 11) is 1.38. The van der Waals surface area contributed by atoms with Gasteiger partial charge in [-0.15, -0.1) is 0 Å². The van der Waals surface area contributed by atoms with E-state index in [2.05, 4.69) is 10.3 Å². The summed E-state index contributed by atoms with van der Waals surface area (Å²) < 4.78 is 9.80. The molecule has 26 heavy (non-hydrogen) atoms. The quantitative estimate of drug-likeness (QED) is 0.456. The van der Waals surface area contributed by atoms with Crippen LogP contribution in [0.1, 0.15) is 11.3 Å². The SMILES string of the molecule is COc1ccc(NC(=O)COC(=O)Cc2ccc(C)nc2)c([N+](=O)[O-])c1. The average Bonchev–Trinajstić information content (AvgIpc) is 2.62. The van der Waals surface area contributed by atoms with Crippen LogP contribution in [0.2, 0.25) is 0 Å². The minimum Gasteiger partial charge on any atom is -0.496 e. The van der Waals surface area contributed by atoms with Gasteiger partial charge in [0.15, 0.2) is 6.61 Å². The third kappa shape index (κ3) is 5.26. The van der Waals surface area contributed by atoms with Crippen LogP contribution < -0.4 is 10.1 Å². The predicted molar refractivity (Wildman–Crippen MR) is 91.9 cm³/mol. The first-order valence-corrected chi connectivity index (χ1v) is 7.58. The minimum atomic E-state index is -0.686. The van der Waals surface area contributed by atoms with E-state index in [9.17, 15) is 19.7 Å². The lowest BCUT2D eigenvalue weighted by atomic mass is 10.2. The Morgan fingerprint density at radius 1 is 1.27 bits per heavy atom. The number of rotatable bonds is 7. The Kier molecular flexibility index (Phi) is 6.20. The second kappa shape index (κ2) is 8.56. The molecule has 0 aliphatic carbocycles. The van der Waals surface area contributed by atoms with Crippen LogP contribution >= 0.6 is 0 Å². The van der Waals surface area contributed by atoms with Gasteiger partial charge in [-0.3, -0.25) is 24.7 Å². The molecular formula is C17H17N3O6. The van der Waals surface area contributed by atoms with Crippen molar-refractivity contribution in [2.24, 2.45) is 0 Å². The van der Waals surface area contributed by atoms with E-state index in [1.807, 2.05) is 6.92 Å². The van der Waals surface area contributed by atoms with E-state index in [1.54, 1.807) is 18.3 Å². The van der Waals surface area contributed by atoms with Crippen molar-refractivity contribution in [3.63, 3.8) is 0 Å². The standard InChI is InChI=1S/C17H17N3O6/c1-11-3-4-12(9-18-11)7-17(22)26-10-16(21)19-14-6-5-13(25-2)8-15(14)20(23)24/h3-6,8-9H,7,10H2,1-2H3,(H,19,21). The molecule has 0 saturated carbocycles. The largest absolute Gasteiger partial charge is 0.496 e. The van der Waals surface area contributed by atoms with Gasteiger partial charge in [0.25, 0.3) is 11.6 Å². The maximum atomic E-state index is 11.9. The predicted octanol–water partition coefficient (Wildman–Crippen LogP) is 2.03. The van der Waals surface area contributed by atoms with Gasteiger partial charge in [-0.05, 0) is 30.7 Å². The highest BCUT2D eigenvalue weighted by molar-refractivity contribution is 5.95. The van der Waals surface area contributed by atoms with Crippen molar-refractivity contribution in [3.8, 4) is 5.75 Å². The number of nitro groups is 1. The lowest BCUT2D eigenvalue weighted by molar-refractivity contribution is -0.384. The molecule has 1 aromatic heterocycles. The second-order valence-corrected chi connectivity index (χ2v) is 5.33. The number of pyridine rings is 1. The van der Waals surface area contributed by atoms with Crippen LogP contribution in [-0.4, -0.2) is 35.5 Å². The average molecular weight is 359 g/mol. The summed E-state index contributed by atoms with van der Waals surface area (Å²) in [6, 6.07) is 7.50. The van der Waals surface area contributed by atoms with Crippen molar-refractivity contribution in [1.82, 2.24) is 4.98 Å². The molecule has 2 rings (SSSR count). The van der Waals surface area contributed by atoms with Crippen molar-refractivity contribution in [1.29, 1.82) is 0 Å². The zero-order valence-electron chi connectivity index (χ0n) is 14.2. The van der Waals surface area contributed by atoms with E-state index < -0.39 is 23.4 Å². The Hall–Kier alpha value is -3.49. The van der Waals surface area contributed by atoms with Crippen molar-refractivity contribution in [3.05, 3.63) is 57.9 Å². The number of anilines is 1. The van der Waals surface area contributed by atoms with Crippen molar-refractivity contribution < 1.29 is 24.0 Å². The number of amides is 1. The number of hydrogen-bond donors (Lipinski definition) is 1. The molecule has 0 aliphatic heterocycles. The number of aromatic nitrogens is 1. The zero-order chi connectivity index (χ0) is 19.1. The van der Waals surface area contributed by atoms with Crippen LogP contribution in [0.5, 0.6) is 5.75 Å². The fourth-order valence-electron chi connectivity index (χ4n) is 2.05. The first-order chi connectivity index (χ1) is 12.4. The highest BCUT2D eigenvalue weighted by Crippen LogP contribution is 2.28. The molecule has 2 aromatic rings. The van der Waals surface area contributed by atoms with Gasteiger partial charge in [-0.2, -0.15) is 0 Å². The topological polar surface area (TPSA) is 121 Å². The lowest BCUT2D eigenvalue weighted by Crippen LogP contribution is -2.22. The maximum Gasteiger partial charge on any atom is 0.310 e. The number of hydrogen-bond acceptors (Lipinski definition) is 7. The number of esters is 1. The monoisotopic (exact) mass is 359 g/mol. The maximum absolute atomic E-state index is 11.9. The van der Waals surface area contributed by atoms with Gasteiger partial charge in [0.2, 0.25) is 0 Å². The van der Waals surface area contributed by atoms with Gasteiger partial charge in [-0.1, -0.05) is 6.07 Å². The fraction of sp³-hybridized carbons (Fsp3) is 0.235. The van der Waals surface area contributed by atoms with Gasteiger partial charge in [-0.25, -0.2) is 0 Å². The molecule has 136 valence electrons. The van der Waals surface area contributed by atoms with E-state index in [-0.39, 0.29) is 23.5 Å². The van der Waals surface area contributed by atoms with E-state index in [0.29, 0.717) is 5.56 Å². The molecule has 1 N–H and O–H groups in total. The van der Waals surface area contributed by atoms with Crippen LogP contribution in [0, 0.1) is 17.0 Å². The fourth-order valence-corrected chi connectivity index (χ4v) is 2.05. The first-order valence-electron chi connectivity index (χ1n) is 7.58. The minimum absolute atomic E-state index is 0.0143. The van der Waals surface area contributed by atoms with E-state index in [1.165, 1.54) is 25.3 Å². The van der Waals surface area contributed by atoms with Gasteiger partial charge in [0, 0.05) is 11.9 Å². The van der Waals surface area contributed by atoms with E-state index in [0.717, 1.165) is 5.69 Å². The van der Waals surface area contributed by atoms with Gasteiger partial charge >= 0.3 is 5.97 Å². The van der Waals surface area contributed by atoms with Crippen LogP contribution in [0.4, 0.5) is 11.4 Å². The molecule has 0 bridgehead atoms. The smallest absolute Gasteiger partial charge is 0.310 e. The molecule has 0 spiro atoms. The molecule has 0 aliphatic rings. The molecule has 0 fully saturated rings. The second-order valence-electron chi connectivity index (χ2n) is 5.33. The van der Waals surface area contributed by atoms with Gasteiger partial charge in [0.05, 0.1) is 24.5 Å². The summed E-state index contributed by atoms with van der Waals surface area (Å²) in [6.45, 7) is 1.27. The summed E-state index contributed by atoms with van der Waals surface area (Å²) in [6.07, 6.45) is 1.53. The van der Waals surface area contributed by atoms with E-state index in [4.69, 9.17) is 9.47 Å². The summed E-state index contributed by atoms with van der Waals surface area (Å²) in [5, 5.41) is 13.4. The number of methoxy groups -OCH3 is 1. The molecule has 0 radical (unpaired) electrons. The molecule has 0 saturated heterocycles. The summed E-state index contributed by atoms with van der Waals surface area (Å²) in [5.74, 6) is -1.00. The Labute approximate surface area is 149 Å². The van der Waals surface area contributed by atoms with Crippen LogP contribution in [-0.2, 0) is 20.7 Å². The highest BCUT2D eigenvalue weighted by Gasteiger charge is 2.18. The lowest BCUT2D eigenvalue weighted by Gasteiger charge is -2.08. The van der Waals surface area contributed by atoms with Crippen molar-refractivity contribution >= 4 is 23.3 Å². The highest BCUT2D eigenvalue weighted by atomic mass is 16.6. The third-order valence-corrected chi connectivity index (χ3v) is 3.36. The number of aryl methyl sites for hydroxylation is 1. The number of nitrogens with one attached hydrogen (secondary N) is 1. The number of carbonyl (C=O) groups is 2.